The molecule has 0 aliphatic carbocycles. The molecule has 0 N–H and O–H groups in total. The topological polar surface area (TPSA) is 133 Å². The Balaban J connectivity index is 1.83. The van der Waals surface area contributed by atoms with E-state index in [1.165, 1.54) is 0 Å². The normalized spacial score (nSPS) is 34.3. The lowest BCUT2D eigenvalue weighted by Crippen LogP contribution is -2.89. The van der Waals surface area contributed by atoms with Crippen LogP contribution in [0.2, 0.25) is 48.4 Å². The zero-order valence-electron chi connectivity index (χ0n) is 56.6. The van der Waals surface area contributed by atoms with E-state index < -0.39 is 70.4 Å². The van der Waals surface area contributed by atoms with Crippen LogP contribution in [0.4, 0.5) is 0 Å². The summed E-state index contributed by atoms with van der Waals surface area (Å²) in [4.78, 5) is 0. The molecule has 7 saturated heterocycles. The summed E-state index contributed by atoms with van der Waals surface area (Å²) < 4.78 is 116. The van der Waals surface area contributed by atoms with Gasteiger partial charge in [-0.25, -0.2) is 0 Å². The second-order valence-corrected chi connectivity index (χ2v) is 51.3. The zero-order valence-corrected chi connectivity index (χ0v) is 64.6. The van der Waals surface area contributed by atoms with Gasteiger partial charge < -0.3 is 58.9 Å². The van der Waals surface area contributed by atoms with Gasteiger partial charge in [-0.2, -0.15) is 0 Å². The van der Waals surface area contributed by atoms with Crippen molar-refractivity contribution < 1.29 is 58.9 Å². The van der Waals surface area contributed by atoms with Crippen molar-refractivity contribution >= 4 is 70.4 Å². The van der Waals surface area contributed by atoms with Gasteiger partial charge in [-0.05, 0) is 47.8 Å². The van der Waals surface area contributed by atoms with Gasteiger partial charge in [0, 0.05) is 55.0 Å². The Morgan fingerprint density at radius 3 is 0.643 bits per heavy atom. The average Bonchev–Trinajstić information content (AvgIpc) is 0.961. The maximum absolute atomic E-state index is 8.71. The van der Waals surface area contributed by atoms with Crippen LogP contribution in [-0.2, 0) is 58.9 Å². The monoisotopic (exact) mass is 1320 g/mol. The molecule has 0 aromatic carbocycles. The molecule has 8 unspecified atom stereocenters. The van der Waals surface area contributed by atoms with Crippen LogP contribution in [0.1, 0.15) is 283 Å². The quantitative estimate of drug-likeness (QED) is 0.0325. The number of ether oxygens (including phenoxy) is 2. The summed E-state index contributed by atoms with van der Waals surface area (Å²) in [5.74, 6) is 1.64. The largest absolute Gasteiger partial charge is 0.479 e. The minimum atomic E-state index is -4.20. The molecule has 8 bridgehead atoms. The SMILES string of the molecule is CCCCC(CC)C[Si]12O[Si]3(CCCOCC4CO4)O[Si]4(CC(CC)CCCC)O[Si](CC(CC)CCCC)(O1)O[Si]1(CC(CC)CCCC)O[Si](CC(CC)CCCC)(O2)O[Si](CC(CC)CCCC)(O3)O[Si](CC(CC)CCCC)(O4)O1. The molecule has 8 atom stereocenters. The summed E-state index contributed by atoms with van der Waals surface area (Å²) >= 11 is 0. The van der Waals surface area contributed by atoms with Crippen LogP contribution >= 0.6 is 0 Å². The van der Waals surface area contributed by atoms with E-state index in [4.69, 9.17) is 58.9 Å². The first-order valence-corrected chi connectivity index (χ1v) is 51.6. The van der Waals surface area contributed by atoms with Gasteiger partial charge >= 0.3 is 70.4 Å². The highest BCUT2D eigenvalue weighted by molar-refractivity contribution is 7.03. The molecule has 84 heavy (non-hydrogen) atoms. The molecule has 0 aromatic rings. The van der Waals surface area contributed by atoms with Gasteiger partial charge in [-0.1, -0.05) is 277 Å². The number of unbranched alkanes of at least 4 members (excludes halogenated alkanes) is 7. The van der Waals surface area contributed by atoms with Gasteiger partial charge in [0.1, 0.15) is 6.10 Å². The fraction of sp³-hybridized carbons (Fsp3) is 1.00. The standard InChI is InChI=1S/C62H130O14Si8/c1-15-29-37-55(22-8)48-78-65-77(45-36-44-63-46-62-47-64-62)66-79(49-56(23-9)38-30-16-2)70-81(68-78,51-58(25-11)40-32-18-4)74-84(54-61(28-14)43-35-21-7)75-82(69-78,52-59(26-12)41-33-19-5)71-80(67-77,50-57(24-10)39-31-17-3)73-83(72-79,76-84)53-60(27-13)42-34-20-6/h55-62H,15-54H2,1-14H3. The van der Waals surface area contributed by atoms with Gasteiger partial charge in [0.25, 0.3) is 0 Å². The molecule has 7 fully saturated rings. The van der Waals surface area contributed by atoms with Crippen molar-refractivity contribution in [3.8, 4) is 0 Å². The Morgan fingerprint density at radius 1 is 0.286 bits per heavy atom. The first kappa shape index (κ1) is 74.2. The Labute approximate surface area is 525 Å². The second kappa shape index (κ2) is 36.0. The van der Waals surface area contributed by atoms with E-state index in [-0.39, 0.29) is 47.5 Å². The molecule has 0 aromatic heterocycles. The first-order chi connectivity index (χ1) is 40.5. The summed E-state index contributed by atoms with van der Waals surface area (Å²) in [6, 6.07) is 4.54. The van der Waals surface area contributed by atoms with E-state index in [1.807, 2.05) is 0 Å². The lowest BCUT2D eigenvalue weighted by molar-refractivity contribution is -0.0368. The van der Waals surface area contributed by atoms with E-state index in [0.717, 1.165) is 186 Å². The smallest absolute Gasteiger partial charge is 0.379 e. The number of epoxide rings is 1. The first-order valence-electron chi connectivity index (χ1n) is 36.1. The molecule has 7 heterocycles. The average molecular weight is 1320 g/mol. The third-order valence-corrected chi connectivity index (χ3v) is 58.1. The molecular formula is C62H130O14Si8. The molecule has 0 amide bonds. The molecule has 0 radical (unpaired) electrons. The fourth-order valence-electron chi connectivity index (χ4n) is 14.2. The van der Waals surface area contributed by atoms with E-state index in [2.05, 4.69) is 96.9 Å². The zero-order chi connectivity index (χ0) is 60.8. The highest BCUT2D eigenvalue weighted by atomic mass is 28.6. The van der Waals surface area contributed by atoms with Crippen LogP contribution < -0.4 is 0 Å². The van der Waals surface area contributed by atoms with Crippen LogP contribution in [0, 0.1) is 41.4 Å². The van der Waals surface area contributed by atoms with Gasteiger partial charge in [0.15, 0.2) is 0 Å². The van der Waals surface area contributed by atoms with Gasteiger partial charge in [0.05, 0.1) is 13.2 Å². The second-order valence-electron chi connectivity index (χ2n) is 27.2. The number of hydrogen-bond donors (Lipinski definition) is 0. The highest BCUT2D eigenvalue weighted by Gasteiger charge is 2.84. The minimum Gasteiger partial charge on any atom is -0.379 e. The van der Waals surface area contributed by atoms with E-state index >= 15 is 0 Å². The molecule has 14 nitrogen and oxygen atoms in total. The number of hydrogen-bond acceptors (Lipinski definition) is 14. The van der Waals surface area contributed by atoms with E-state index in [1.54, 1.807) is 0 Å². The van der Waals surface area contributed by atoms with Crippen LogP contribution in [0.15, 0.2) is 0 Å². The summed E-state index contributed by atoms with van der Waals surface area (Å²) in [5, 5.41) is 0. The maximum Gasteiger partial charge on any atom is 0.479 e. The molecule has 7 rings (SSSR count). The Hall–Kier alpha value is 1.18. The maximum atomic E-state index is 8.71. The molecular weight excluding hydrogens is 1190 g/mol. The van der Waals surface area contributed by atoms with Crippen molar-refractivity contribution in [3.05, 3.63) is 0 Å². The Kier molecular flexibility index (Phi) is 31.8. The molecule has 7 aliphatic rings. The van der Waals surface area contributed by atoms with E-state index in [9.17, 15) is 0 Å². The van der Waals surface area contributed by atoms with Crippen LogP contribution in [0.3, 0.4) is 0 Å². The van der Waals surface area contributed by atoms with Crippen molar-refractivity contribution in [2.24, 2.45) is 41.4 Å². The predicted molar refractivity (Wildman–Crippen MR) is 356 cm³/mol. The van der Waals surface area contributed by atoms with Crippen molar-refractivity contribution in [2.45, 2.75) is 338 Å². The Morgan fingerprint density at radius 2 is 0.476 bits per heavy atom. The number of rotatable bonds is 48. The summed E-state index contributed by atoms with van der Waals surface area (Å²) in [7, 11) is -33.5. The molecule has 7 aliphatic heterocycles. The molecule has 0 spiro atoms. The summed E-state index contributed by atoms with van der Waals surface area (Å²) in [6.07, 6.45) is 30.1. The third kappa shape index (κ3) is 21.4. The Bertz CT molecular complexity index is 1640. The molecule has 0 saturated carbocycles. The van der Waals surface area contributed by atoms with Crippen molar-refractivity contribution in [2.75, 3.05) is 19.8 Å². The van der Waals surface area contributed by atoms with Gasteiger partial charge in [0.2, 0.25) is 0 Å². The lowest BCUT2D eigenvalue weighted by atomic mass is 10.0. The van der Waals surface area contributed by atoms with Gasteiger partial charge in [-0.15, -0.1) is 0 Å². The predicted octanol–water partition coefficient (Wildman–Crippen LogP) is 19.1. The van der Waals surface area contributed by atoms with Crippen LogP contribution in [0.5, 0.6) is 0 Å². The van der Waals surface area contributed by atoms with Crippen LogP contribution in [0.25, 0.3) is 0 Å². The lowest BCUT2D eigenvalue weighted by Gasteiger charge is -2.64. The summed E-state index contributed by atoms with van der Waals surface area (Å²) in [5.41, 5.74) is 0. The fourth-order valence-corrected chi connectivity index (χ4v) is 67.2. The molecule has 22 heteroatoms. The van der Waals surface area contributed by atoms with Crippen LogP contribution in [-0.4, -0.2) is 96.4 Å². The highest BCUT2D eigenvalue weighted by Crippen LogP contribution is 2.58. The molecule has 494 valence electrons. The van der Waals surface area contributed by atoms with Crippen molar-refractivity contribution in [1.29, 1.82) is 0 Å². The van der Waals surface area contributed by atoms with Crippen molar-refractivity contribution in [3.63, 3.8) is 0 Å². The summed E-state index contributed by atoms with van der Waals surface area (Å²) in [6.45, 7) is 34.4. The third-order valence-electron chi connectivity index (χ3n) is 19.8. The van der Waals surface area contributed by atoms with Crippen molar-refractivity contribution in [1.82, 2.24) is 0 Å². The van der Waals surface area contributed by atoms with Gasteiger partial charge in [-0.3, -0.25) is 0 Å². The van der Waals surface area contributed by atoms with E-state index in [0.29, 0.717) is 68.0 Å². The minimum absolute atomic E-state index is 0.151.